The number of aromatic nitrogens is 1. The molecule has 1 aromatic heterocycles. The number of aromatic amines is 1. The molecule has 0 unspecified atom stereocenters. The molecule has 5 nitrogen and oxygen atoms in total. The van der Waals surface area contributed by atoms with Gasteiger partial charge in [-0.05, 0) is 18.2 Å². The van der Waals surface area contributed by atoms with E-state index in [0.29, 0.717) is 17.2 Å². The standard InChI is InChI=1S/C10H11ClN2O3S/c11-6-3-7(12-4-6)8(14)13-10(9(15)16)1-2-17-5-10/h3-4,12H,1-2,5H2,(H,13,14)(H,15,16)/t10-/m0/s1. The third-order valence-corrected chi connectivity index (χ3v) is 4.08. The summed E-state index contributed by atoms with van der Waals surface area (Å²) in [5, 5.41) is 12.2. The van der Waals surface area contributed by atoms with Crippen molar-refractivity contribution in [3.05, 3.63) is 23.0 Å². The third-order valence-electron chi connectivity index (χ3n) is 2.68. The van der Waals surface area contributed by atoms with Crippen molar-refractivity contribution in [3.63, 3.8) is 0 Å². The van der Waals surface area contributed by atoms with Gasteiger partial charge < -0.3 is 15.4 Å². The minimum absolute atomic E-state index is 0.271. The van der Waals surface area contributed by atoms with Gasteiger partial charge in [0.05, 0.1) is 5.02 Å². The van der Waals surface area contributed by atoms with Crippen molar-refractivity contribution in [3.8, 4) is 0 Å². The van der Waals surface area contributed by atoms with E-state index < -0.39 is 17.4 Å². The van der Waals surface area contributed by atoms with Gasteiger partial charge in [-0.25, -0.2) is 4.79 Å². The fourth-order valence-electron chi connectivity index (χ4n) is 1.67. The SMILES string of the molecule is O=C(N[C@@]1(C(=O)O)CCSC1)c1cc(Cl)c[nH]1. The number of carboxylic acid groups (broad SMARTS) is 1. The van der Waals surface area contributed by atoms with Crippen LogP contribution in [0, 0.1) is 0 Å². The van der Waals surface area contributed by atoms with E-state index in [-0.39, 0.29) is 5.69 Å². The molecule has 1 atom stereocenters. The van der Waals surface area contributed by atoms with Crippen molar-refractivity contribution in [2.75, 3.05) is 11.5 Å². The van der Waals surface area contributed by atoms with E-state index in [4.69, 9.17) is 11.6 Å². The smallest absolute Gasteiger partial charge is 0.330 e. The summed E-state index contributed by atoms with van der Waals surface area (Å²) >= 11 is 7.21. The lowest BCUT2D eigenvalue weighted by Gasteiger charge is -2.24. The lowest BCUT2D eigenvalue weighted by atomic mass is 9.99. The molecule has 0 spiro atoms. The fourth-order valence-corrected chi connectivity index (χ4v) is 3.16. The number of carbonyl (C=O) groups excluding carboxylic acids is 1. The zero-order valence-corrected chi connectivity index (χ0v) is 10.4. The maximum absolute atomic E-state index is 11.9. The molecule has 0 saturated carbocycles. The number of amides is 1. The first-order chi connectivity index (χ1) is 8.03. The van der Waals surface area contributed by atoms with Gasteiger partial charge in [-0.15, -0.1) is 0 Å². The highest BCUT2D eigenvalue weighted by Crippen LogP contribution is 2.28. The van der Waals surface area contributed by atoms with Crippen molar-refractivity contribution >= 4 is 35.2 Å². The van der Waals surface area contributed by atoms with Gasteiger partial charge >= 0.3 is 5.97 Å². The van der Waals surface area contributed by atoms with Gasteiger partial charge in [0.15, 0.2) is 0 Å². The Hall–Kier alpha value is -1.14. The largest absolute Gasteiger partial charge is 0.479 e. The number of carbonyl (C=O) groups is 2. The highest BCUT2D eigenvalue weighted by Gasteiger charge is 2.43. The van der Waals surface area contributed by atoms with Crippen molar-refractivity contribution in [2.45, 2.75) is 12.0 Å². The van der Waals surface area contributed by atoms with E-state index in [9.17, 15) is 14.7 Å². The number of aliphatic carboxylic acids is 1. The van der Waals surface area contributed by atoms with Gasteiger partial charge in [0.25, 0.3) is 5.91 Å². The Kier molecular flexibility index (Phi) is 3.35. The number of H-pyrrole nitrogens is 1. The van der Waals surface area contributed by atoms with E-state index in [1.54, 1.807) is 0 Å². The average Bonchev–Trinajstić information content (AvgIpc) is 2.87. The average molecular weight is 275 g/mol. The Bertz CT molecular complexity index is 454. The van der Waals surface area contributed by atoms with Crippen LogP contribution in [0.1, 0.15) is 16.9 Å². The predicted octanol–water partition coefficient (Wildman–Crippen LogP) is 1.36. The zero-order valence-electron chi connectivity index (χ0n) is 8.83. The van der Waals surface area contributed by atoms with Crippen LogP contribution in [0.4, 0.5) is 0 Å². The second kappa shape index (κ2) is 4.62. The second-order valence-electron chi connectivity index (χ2n) is 3.88. The summed E-state index contributed by atoms with van der Waals surface area (Å²) in [5.41, 5.74) is -0.883. The van der Waals surface area contributed by atoms with Crippen LogP contribution in [0.25, 0.3) is 0 Å². The molecule has 2 heterocycles. The first-order valence-corrected chi connectivity index (χ1v) is 6.54. The zero-order chi connectivity index (χ0) is 12.5. The Morgan fingerprint density at radius 3 is 2.82 bits per heavy atom. The monoisotopic (exact) mass is 274 g/mol. The Balaban J connectivity index is 2.14. The molecule has 1 aromatic rings. The predicted molar refractivity (Wildman–Crippen MR) is 65.6 cm³/mol. The summed E-state index contributed by atoms with van der Waals surface area (Å²) in [6, 6.07) is 1.47. The maximum atomic E-state index is 11.9. The summed E-state index contributed by atoms with van der Waals surface area (Å²) in [4.78, 5) is 25.8. The van der Waals surface area contributed by atoms with Gasteiger partial charge in [-0.2, -0.15) is 11.8 Å². The minimum atomic E-state index is -1.15. The van der Waals surface area contributed by atoms with Crippen LogP contribution in [0.15, 0.2) is 12.3 Å². The molecule has 17 heavy (non-hydrogen) atoms. The summed E-state index contributed by atoms with van der Waals surface area (Å²) in [7, 11) is 0. The Morgan fingerprint density at radius 1 is 1.59 bits per heavy atom. The van der Waals surface area contributed by atoms with Gasteiger partial charge in [0, 0.05) is 11.9 Å². The number of halogens is 1. The highest BCUT2D eigenvalue weighted by atomic mass is 35.5. The Labute approximate surface area is 107 Å². The molecule has 2 rings (SSSR count). The van der Waals surface area contributed by atoms with E-state index in [2.05, 4.69) is 10.3 Å². The summed E-state index contributed by atoms with van der Waals surface area (Å²) in [6.07, 6.45) is 1.92. The lowest BCUT2D eigenvalue weighted by Crippen LogP contribution is -2.54. The molecule has 0 radical (unpaired) electrons. The molecule has 3 N–H and O–H groups in total. The van der Waals surface area contributed by atoms with Crippen LogP contribution >= 0.6 is 23.4 Å². The number of rotatable bonds is 3. The lowest BCUT2D eigenvalue weighted by molar-refractivity contribution is -0.143. The number of hydrogen-bond donors (Lipinski definition) is 3. The van der Waals surface area contributed by atoms with Crippen LogP contribution in [0.5, 0.6) is 0 Å². The molecule has 0 aliphatic carbocycles. The normalized spacial score (nSPS) is 23.6. The van der Waals surface area contributed by atoms with Crippen LogP contribution in [0.2, 0.25) is 5.02 Å². The summed E-state index contributed by atoms with van der Waals surface area (Å²) in [5.74, 6) is -0.309. The summed E-state index contributed by atoms with van der Waals surface area (Å²) in [6.45, 7) is 0. The van der Waals surface area contributed by atoms with Gasteiger partial charge in [0.1, 0.15) is 11.2 Å². The van der Waals surface area contributed by atoms with E-state index >= 15 is 0 Å². The molecule has 1 fully saturated rings. The van der Waals surface area contributed by atoms with E-state index in [1.165, 1.54) is 24.0 Å². The molecule has 1 amide bonds. The molecular weight excluding hydrogens is 264 g/mol. The molecule has 0 aromatic carbocycles. The molecule has 1 saturated heterocycles. The quantitative estimate of drug-likeness (QED) is 0.777. The molecule has 92 valence electrons. The Morgan fingerprint density at radius 2 is 2.35 bits per heavy atom. The molecule has 1 aliphatic heterocycles. The fraction of sp³-hybridized carbons (Fsp3) is 0.400. The summed E-state index contributed by atoms with van der Waals surface area (Å²) < 4.78 is 0. The van der Waals surface area contributed by atoms with Crippen LogP contribution < -0.4 is 5.32 Å². The molecule has 0 bridgehead atoms. The van der Waals surface area contributed by atoms with Gasteiger partial charge in [0.2, 0.25) is 0 Å². The molecule has 1 aliphatic rings. The number of carboxylic acids is 1. The van der Waals surface area contributed by atoms with Gasteiger partial charge in [-0.1, -0.05) is 11.6 Å². The second-order valence-corrected chi connectivity index (χ2v) is 5.42. The van der Waals surface area contributed by atoms with Crippen LogP contribution in [0.3, 0.4) is 0 Å². The van der Waals surface area contributed by atoms with Crippen LogP contribution in [-0.2, 0) is 4.79 Å². The first-order valence-electron chi connectivity index (χ1n) is 5.01. The van der Waals surface area contributed by atoms with Crippen LogP contribution in [-0.4, -0.2) is 39.0 Å². The van der Waals surface area contributed by atoms with E-state index in [1.807, 2.05) is 0 Å². The highest BCUT2D eigenvalue weighted by molar-refractivity contribution is 7.99. The minimum Gasteiger partial charge on any atom is -0.479 e. The van der Waals surface area contributed by atoms with Crippen molar-refractivity contribution in [1.82, 2.24) is 10.3 Å². The topological polar surface area (TPSA) is 82.2 Å². The number of nitrogens with one attached hydrogen (secondary N) is 2. The molecular formula is C10H11ClN2O3S. The van der Waals surface area contributed by atoms with E-state index in [0.717, 1.165) is 5.75 Å². The van der Waals surface area contributed by atoms with Gasteiger partial charge in [-0.3, -0.25) is 4.79 Å². The van der Waals surface area contributed by atoms with Crippen molar-refractivity contribution in [2.24, 2.45) is 0 Å². The molecule has 7 heteroatoms. The number of thioether (sulfide) groups is 1. The number of hydrogen-bond acceptors (Lipinski definition) is 3. The van der Waals surface area contributed by atoms with Crippen molar-refractivity contribution < 1.29 is 14.7 Å². The first kappa shape index (κ1) is 12.3. The van der Waals surface area contributed by atoms with Crippen molar-refractivity contribution in [1.29, 1.82) is 0 Å². The maximum Gasteiger partial charge on any atom is 0.330 e. The third kappa shape index (κ3) is 2.42.